The van der Waals surface area contributed by atoms with E-state index in [0.29, 0.717) is 26.2 Å². The zero-order valence-corrected chi connectivity index (χ0v) is 18.6. The van der Waals surface area contributed by atoms with Crippen LogP contribution in [0.2, 0.25) is 0 Å². The van der Waals surface area contributed by atoms with Crippen LogP contribution in [0.4, 0.5) is 17.1 Å². The monoisotopic (exact) mass is 454 g/mol. The average Bonchev–Trinajstić information content (AvgIpc) is 3.08. The second-order valence-corrected chi connectivity index (χ2v) is 7.99. The van der Waals surface area contributed by atoms with Gasteiger partial charge in [-0.05, 0) is 19.4 Å². The quantitative estimate of drug-likeness (QED) is 0.398. The van der Waals surface area contributed by atoms with Crippen LogP contribution in [0.25, 0.3) is 11.0 Å². The maximum atomic E-state index is 12.8. The lowest BCUT2D eigenvalue weighted by Crippen LogP contribution is -2.46. The molecule has 2 heterocycles. The smallest absolute Gasteiger partial charge is 0.329 e. The topological polar surface area (TPSA) is 120 Å². The number of aryl methyl sites for hydroxylation is 2. The van der Waals surface area contributed by atoms with E-state index < -0.39 is 15.5 Å². The number of anilines is 1. The van der Waals surface area contributed by atoms with E-state index in [1.54, 1.807) is 18.7 Å². The number of nitro benzene ring substituents is 2. The van der Waals surface area contributed by atoms with Gasteiger partial charge in [-0.3, -0.25) is 34.3 Å². The molecule has 0 N–H and O–H groups in total. The summed E-state index contributed by atoms with van der Waals surface area (Å²) in [6.07, 6.45) is 0. The Labute approximate surface area is 189 Å². The predicted molar refractivity (Wildman–Crippen MR) is 125 cm³/mol. The van der Waals surface area contributed by atoms with Crippen molar-refractivity contribution in [2.75, 3.05) is 31.1 Å². The van der Waals surface area contributed by atoms with Crippen molar-refractivity contribution in [1.29, 1.82) is 0 Å². The van der Waals surface area contributed by atoms with Gasteiger partial charge in [-0.2, -0.15) is 0 Å². The van der Waals surface area contributed by atoms with E-state index in [1.807, 2.05) is 30.3 Å². The standard InChI is InChI=1S/C22H26N6O5/c1-3-25-17-14-18(27(30)31)19(21(28(32)33)20(17)26(4-2)22(25)29)24-12-10-23(11-13-24)15-16-8-6-5-7-9-16/h5-9,14H,3-4,10-13,15H2,1-2H3. The van der Waals surface area contributed by atoms with Crippen LogP contribution in [0, 0.1) is 20.2 Å². The van der Waals surface area contributed by atoms with Crippen LogP contribution < -0.4 is 10.6 Å². The SMILES string of the molecule is CCn1c(=O)n(CC)c2c([N+](=O)[O-])c(N3CCN(Cc4ccccc4)CC3)c([N+](=O)[O-])cc21. The number of hydrogen-bond donors (Lipinski definition) is 0. The molecule has 0 atom stereocenters. The Morgan fingerprint density at radius 3 is 2.09 bits per heavy atom. The highest BCUT2D eigenvalue weighted by Gasteiger charge is 2.37. The van der Waals surface area contributed by atoms with Gasteiger partial charge in [0.05, 0.1) is 15.4 Å². The van der Waals surface area contributed by atoms with E-state index in [0.717, 1.165) is 12.1 Å². The normalized spacial score (nSPS) is 14.7. The highest BCUT2D eigenvalue weighted by atomic mass is 16.6. The van der Waals surface area contributed by atoms with E-state index in [-0.39, 0.29) is 41.2 Å². The van der Waals surface area contributed by atoms with Gasteiger partial charge in [0.1, 0.15) is 0 Å². The molecule has 11 nitrogen and oxygen atoms in total. The van der Waals surface area contributed by atoms with E-state index in [2.05, 4.69) is 4.90 Å². The number of benzene rings is 2. The third kappa shape index (κ3) is 3.95. The zero-order valence-electron chi connectivity index (χ0n) is 18.6. The fourth-order valence-corrected chi connectivity index (χ4v) is 4.63. The van der Waals surface area contributed by atoms with Crippen molar-refractivity contribution in [2.45, 2.75) is 33.5 Å². The molecule has 1 fully saturated rings. The van der Waals surface area contributed by atoms with Crippen molar-refractivity contribution in [1.82, 2.24) is 14.0 Å². The summed E-state index contributed by atoms with van der Waals surface area (Å²) in [7, 11) is 0. The second kappa shape index (κ2) is 9.02. The van der Waals surface area contributed by atoms with Crippen LogP contribution in [0.5, 0.6) is 0 Å². The molecule has 0 spiro atoms. The first-order valence-electron chi connectivity index (χ1n) is 11.0. The number of nitro groups is 2. The zero-order chi connectivity index (χ0) is 23.7. The molecule has 0 unspecified atom stereocenters. The Morgan fingerprint density at radius 2 is 1.55 bits per heavy atom. The predicted octanol–water partition coefficient (Wildman–Crippen LogP) is 2.98. The first-order valence-corrected chi connectivity index (χ1v) is 11.0. The summed E-state index contributed by atoms with van der Waals surface area (Å²) in [5.74, 6) is 0. The summed E-state index contributed by atoms with van der Waals surface area (Å²) in [6, 6.07) is 11.3. The summed E-state index contributed by atoms with van der Waals surface area (Å²) in [5, 5.41) is 24.3. The average molecular weight is 454 g/mol. The van der Waals surface area contributed by atoms with Crippen molar-refractivity contribution in [2.24, 2.45) is 0 Å². The molecule has 1 saturated heterocycles. The fourth-order valence-electron chi connectivity index (χ4n) is 4.63. The van der Waals surface area contributed by atoms with E-state index in [1.165, 1.54) is 15.2 Å². The molecule has 11 heteroatoms. The molecule has 0 aliphatic carbocycles. The van der Waals surface area contributed by atoms with Gasteiger partial charge in [-0.1, -0.05) is 30.3 Å². The van der Waals surface area contributed by atoms with E-state index in [4.69, 9.17) is 0 Å². The molecule has 4 rings (SSSR count). The van der Waals surface area contributed by atoms with Crippen LogP contribution >= 0.6 is 0 Å². The van der Waals surface area contributed by atoms with Crippen molar-refractivity contribution < 1.29 is 9.85 Å². The molecule has 33 heavy (non-hydrogen) atoms. The Bertz CT molecular complexity index is 1260. The molecule has 1 aliphatic heterocycles. The number of imidazole rings is 1. The van der Waals surface area contributed by atoms with Crippen molar-refractivity contribution in [3.05, 3.63) is 72.7 Å². The first-order chi connectivity index (χ1) is 15.9. The largest absolute Gasteiger partial charge is 0.358 e. The van der Waals surface area contributed by atoms with Gasteiger partial charge in [0, 0.05) is 51.9 Å². The lowest BCUT2D eigenvalue weighted by atomic mass is 10.1. The Morgan fingerprint density at radius 1 is 0.909 bits per heavy atom. The minimum Gasteiger partial charge on any atom is -0.358 e. The minimum atomic E-state index is -0.591. The van der Waals surface area contributed by atoms with Gasteiger partial charge >= 0.3 is 17.1 Å². The highest BCUT2D eigenvalue weighted by Crippen LogP contribution is 2.43. The van der Waals surface area contributed by atoms with Crippen LogP contribution in [0.15, 0.2) is 41.2 Å². The summed E-state index contributed by atoms with van der Waals surface area (Å²) in [4.78, 5) is 39.8. The number of nitrogens with zero attached hydrogens (tertiary/aromatic N) is 6. The van der Waals surface area contributed by atoms with Crippen LogP contribution in [0.1, 0.15) is 19.4 Å². The van der Waals surface area contributed by atoms with Gasteiger partial charge < -0.3 is 4.90 Å². The Hall–Kier alpha value is -3.73. The van der Waals surface area contributed by atoms with E-state index >= 15 is 0 Å². The fraction of sp³-hybridized carbons (Fsp3) is 0.409. The molecule has 174 valence electrons. The number of hydrogen-bond acceptors (Lipinski definition) is 7. The van der Waals surface area contributed by atoms with Gasteiger partial charge in [0.25, 0.3) is 0 Å². The summed E-state index contributed by atoms with van der Waals surface area (Å²) in [6.45, 7) is 6.73. The molecule has 0 bridgehead atoms. The van der Waals surface area contributed by atoms with Crippen LogP contribution in [-0.4, -0.2) is 50.1 Å². The third-order valence-electron chi connectivity index (χ3n) is 6.18. The molecule has 1 aromatic heterocycles. The number of piperazine rings is 1. The maximum absolute atomic E-state index is 12.8. The van der Waals surface area contributed by atoms with Gasteiger partial charge in [0.2, 0.25) is 0 Å². The first kappa shape index (κ1) is 22.5. The Balaban J connectivity index is 1.79. The van der Waals surface area contributed by atoms with Crippen molar-refractivity contribution in [3.8, 4) is 0 Å². The van der Waals surface area contributed by atoms with Crippen molar-refractivity contribution in [3.63, 3.8) is 0 Å². The van der Waals surface area contributed by atoms with Crippen LogP contribution in [-0.2, 0) is 19.6 Å². The van der Waals surface area contributed by atoms with Gasteiger partial charge in [-0.25, -0.2) is 4.79 Å². The molecule has 0 amide bonds. The molecule has 0 radical (unpaired) electrons. The summed E-state index contributed by atoms with van der Waals surface area (Å²) >= 11 is 0. The summed E-state index contributed by atoms with van der Waals surface area (Å²) in [5.41, 5.74) is 0.376. The van der Waals surface area contributed by atoms with E-state index in [9.17, 15) is 25.0 Å². The van der Waals surface area contributed by atoms with Gasteiger partial charge in [0.15, 0.2) is 11.2 Å². The second-order valence-electron chi connectivity index (χ2n) is 7.99. The maximum Gasteiger partial charge on any atom is 0.329 e. The lowest BCUT2D eigenvalue weighted by Gasteiger charge is -2.35. The molecular weight excluding hydrogens is 428 g/mol. The molecule has 0 saturated carbocycles. The lowest BCUT2D eigenvalue weighted by molar-refractivity contribution is -0.391. The van der Waals surface area contributed by atoms with Crippen molar-refractivity contribution >= 4 is 28.1 Å². The number of fused-ring (bicyclic) bond motifs is 1. The molecule has 2 aromatic carbocycles. The minimum absolute atomic E-state index is 0.0210. The van der Waals surface area contributed by atoms with Gasteiger partial charge in [-0.15, -0.1) is 0 Å². The summed E-state index contributed by atoms with van der Waals surface area (Å²) < 4.78 is 2.68. The molecule has 1 aliphatic rings. The Kier molecular flexibility index (Phi) is 6.14. The highest BCUT2D eigenvalue weighted by molar-refractivity contribution is 5.98. The number of rotatable bonds is 7. The molecule has 3 aromatic rings. The number of aromatic nitrogens is 2. The molecular formula is C22H26N6O5. The third-order valence-corrected chi connectivity index (χ3v) is 6.18. The van der Waals surface area contributed by atoms with Crippen LogP contribution in [0.3, 0.4) is 0 Å².